The van der Waals surface area contributed by atoms with E-state index in [2.05, 4.69) is 12.1 Å². The molecule has 0 aromatic heterocycles. The minimum atomic E-state index is -0.767. The van der Waals surface area contributed by atoms with Gasteiger partial charge in [-0.3, -0.25) is 4.79 Å². The molecule has 3 nitrogen and oxygen atoms in total. The number of rotatable bonds is 3. The molecule has 0 aliphatic carbocycles. The highest BCUT2D eigenvalue weighted by Crippen LogP contribution is 2.37. The summed E-state index contributed by atoms with van der Waals surface area (Å²) in [6.45, 7) is 4.00. The van der Waals surface area contributed by atoms with Crippen LogP contribution in [-0.2, 0) is 11.2 Å². The Morgan fingerprint density at radius 1 is 1.56 bits per heavy atom. The lowest BCUT2D eigenvalue weighted by atomic mass is 9.94. The molecule has 16 heavy (non-hydrogen) atoms. The molecule has 1 unspecified atom stereocenters. The quantitative estimate of drug-likeness (QED) is 0.851. The van der Waals surface area contributed by atoms with Gasteiger partial charge in [-0.25, -0.2) is 0 Å². The summed E-state index contributed by atoms with van der Waals surface area (Å²) in [4.78, 5) is 10.6. The second-order valence-corrected chi connectivity index (χ2v) is 4.73. The van der Waals surface area contributed by atoms with Gasteiger partial charge in [-0.2, -0.15) is 0 Å². The van der Waals surface area contributed by atoms with Crippen molar-refractivity contribution >= 4 is 5.97 Å². The second-order valence-electron chi connectivity index (χ2n) is 4.73. The SMILES string of the molecule is Cc1ccc2c(c1)OC(C)(CCC(=O)O)C2. The molecule has 1 atom stereocenters. The van der Waals surface area contributed by atoms with Crippen molar-refractivity contribution < 1.29 is 14.6 Å². The van der Waals surface area contributed by atoms with Gasteiger partial charge in [0, 0.05) is 12.8 Å². The zero-order chi connectivity index (χ0) is 11.8. The van der Waals surface area contributed by atoms with E-state index in [1.165, 1.54) is 11.1 Å². The van der Waals surface area contributed by atoms with Crippen LogP contribution in [0.25, 0.3) is 0 Å². The van der Waals surface area contributed by atoms with Crippen molar-refractivity contribution in [1.82, 2.24) is 0 Å². The number of hydrogen-bond donors (Lipinski definition) is 1. The Balaban J connectivity index is 2.11. The predicted octanol–water partition coefficient (Wildman–Crippen LogP) is 2.55. The number of hydrogen-bond acceptors (Lipinski definition) is 2. The minimum Gasteiger partial charge on any atom is -0.487 e. The van der Waals surface area contributed by atoms with E-state index >= 15 is 0 Å². The van der Waals surface area contributed by atoms with Gasteiger partial charge in [-0.1, -0.05) is 12.1 Å². The van der Waals surface area contributed by atoms with E-state index in [4.69, 9.17) is 9.84 Å². The molecule has 0 fully saturated rings. The molecule has 1 N–H and O–H groups in total. The molecule has 0 saturated heterocycles. The fourth-order valence-electron chi connectivity index (χ4n) is 2.12. The number of benzene rings is 1. The summed E-state index contributed by atoms with van der Waals surface area (Å²) in [6, 6.07) is 6.14. The van der Waals surface area contributed by atoms with Crippen molar-refractivity contribution in [3.63, 3.8) is 0 Å². The summed E-state index contributed by atoms with van der Waals surface area (Å²) in [5.74, 6) is 0.143. The molecule has 1 aromatic rings. The van der Waals surface area contributed by atoms with Crippen molar-refractivity contribution in [3.8, 4) is 5.75 Å². The zero-order valence-corrected chi connectivity index (χ0v) is 9.62. The normalized spacial score (nSPS) is 22.6. The number of carboxylic acid groups (broad SMARTS) is 1. The van der Waals surface area contributed by atoms with E-state index in [1.54, 1.807) is 0 Å². The van der Waals surface area contributed by atoms with Crippen LogP contribution in [0, 0.1) is 6.92 Å². The molecule has 0 saturated carbocycles. The van der Waals surface area contributed by atoms with Crippen molar-refractivity contribution in [1.29, 1.82) is 0 Å². The smallest absolute Gasteiger partial charge is 0.303 e. The first kappa shape index (κ1) is 11.0. The molecule has 1 aliphatic rings. The maximum atomic E-state index is 10.6. The summed E-state index contributed by atoms with van der Waals surface area (Å²) in [7, 11) is 0. The van der Waals surface area contributed by atoms with Crippen LogP contribution in [0.4, 0.5) is 0 Å². The molecule has 0 amide bonds. The van der Waals surface area contributed by atoms with Gasteiger partial charge >= 0.3 is 5.97 Å². The van der Waals surface area contributed by atoms with Gasteiger partial charge in [-0.15, -0.1) is 0 Å². The van der Waals surface area contributed by atoms with Crippen LogP contribution >= 0.6 is 0 Å². The molecule has 1 heterocycles. The van der Waals surface area contributed by atoms with E-state index in [0.717, 1.165) is 12.2 Å². The summed E-state index contributed by atoms with van der Waals surface area (Å²) in [5, 5.41) is 8.69. The lowest BCUT2D eigenvalue weighted by molar-refractivity contribution is -0.138. The van der Waals surface area contributed by atoms with Crippen LogP contribution < -0.4 is 4.74 Å². The monoisotopic (exact) mass is 220 g/mol. The molecule has 1 aliphatic heterocycles. The van der Waals surface area contributed by atoms with E-state index in [0.29, 0.717) is 6.42 Å². The Hall–Kier alpha value is -1.51. The van der Waals surface area contributed by atoms with Gasteiger partial charge in [-0.05, 0) is 37.5 Å². The van der Waals surface area contributed by atoms with Gasteiger partial charge in [0.05, 0.1) is 0 Å². The first-order chi connectivity index (χ1) is 7.48. The number of aliphatic carboxylic acids is 1. The maximum absolute atomic E-state index is 10.6. The topological polar surface area (TPSA) is 46.5 Å². The van der Waals surface area contributed by atoms with Crippen LogP contribution in [0.3, 0.4) is 0 Å². The summed E-state index contributed by atoms with van der Waals surface area (Å²) >= 11 is 0. The third-order valence-corrected chi connectivity index (χ3v) is 3.01. The lowest BCUT2D eigenvalue weighted by Crippen LogP contribution is -2.30. The first-order valence-corrected chi connectivity index (χ1v) is 5.49. The van der Waals surface area contributed by atoms with E-state index in [9.17, 15) is 4.79 Å². The molecule has 3 heteroatoms. The Labute approximate surface area is 95.0 Å². The van der Waals surface area contributed by atoms with Crippen molar-refractivity contribution in [3.05, 3.63) is 29.3 Å². The van der Waals surface area contributed by atoms with Crippen molar-refractivity contribution in [2.24, 2.45) is 0 Å². The van der Waals surface area contributed by atoms with Crippen molar-refractivity contribution in [2.45, 2.75) is 38.7 Å². The lowest BCUT2D eigenvalue weighted by Gasteiger charge is -2.22. The third-order valence-electron chi connectivity index (χ3n) is 3.01. The fraction of sp³-hybridized carbons (Fsp3) is 0.462. The molecule has 1 aromatic carbocycles. The van der Waals surface area contributed by atoms with Crippen LogP contribution in [-0.4, -0.2) is 16.7 Å². The third kappa shape index (κ3) is 2.18. The molecule has 0 radical (unpaired) electrons. The Kier molecular flexibility index (Phi) is 2.62. The average molecular weight is 220 g/mol. The Morgan fingerprint density at radius 2 is 2.31 bits per heavy atom. The van der Waals surface area contributed by atoms with Gasteiger partial charge in [0.15, 0.2) is 0 Å². The largest absolute Gasteiger partial charge is 0.487 e. The molecule has 0 spiro atoms. The average Bonchev–Trinajstić information content (AvgIpc) is 2.51. The molecule has 2 rings (SSSR count). The number of fused-ring (bicyclic) bond motifs is 1. The summed E-state index contributed by atoms with van der Waals surface area (Å²) in [5.41, 5.74) is 1.99. The predicted molar refractivity (Wildman–Crippen MR) is 60.8 cm³/mol. The zero-order valence-electron chi connectivity index (χ0n) is 9.62. The minimum absolute atomic E-state index is 0.156. The van der Waals surface area contributed by atoms with Gasteiger partial charge < -0.3 is 9.84 Å². The van der Waals surface area contributed by atoms with E-state index in [-0.39, 0.29) is 12.0 Å². The maximum Gasteiger partial charge on any atom is 0.303 e. The highest BCUT2D eigenvalue weighted by molar-refractivity contribution is 5.66. The number of carbonyl (C=O) groups is 1. The molecular weight excluding hydrogens is 204 g/mol. The fourth-order valence-corrected chi connectivity index (χ4v) is 2.12. The molecule has 0 bridgehead atoms. The second kappa shape index (κ2) is 3.81. The van der Waals surface area contributed by atoms with E-state index in [1.807, 2.05) is 19.9 Å². The number of carboxylic acids is 1. The highest BCUT2D eigenvalue weighted by atomic mass is 16.5. The highest BCUT2D eigenvalue weighted by Gasteiger charge is 2.34. The van der Waals surface area contributed by atoms with Crippen LogP contribution in [0.15, 0.2) is 18.2 Å². The molecular formula is C13H16O3. The Bertz CT molecular complexity index is 425. The summed E-state index contributed by atoms with van der Waals surface area (Å²) < 4.78 is 5.86. The first-order valence-electron chi connectivity index (χ1n) is 5.49. The van der Waals surface area contributed by atoms with Crippen LogP contribution in [0.5, 0.6) is 5.75 Å². The molecule has 86 valence electrons. The van der Waals surface area contributed by atoms with Crippen molar-refractivity contribution in [2.75, 3.05) is 0 Å². The number of aryl methyl sites for hydroxylation is 1. The van der Waals surface area contributed by atoms with E-state index < -0.39 is 5.97 Å². The number of ether oxygens (including phenoxy) is 1. The van der Waals surface area contributed by atoms with Crippen LogP contribution in [0.1, 0.15) is 30.9 Å². The van der Waals surface area contributed by atoms with Gasteiger partial charge in [0.1, 0.15) is 11.4 Å². The van der Waals surface area contributed by atoms with Gasteiger partial charge in [0.2, 0.25) is 0 Å². The Morgan fingerprint density at radius 3 is 3.00 bits per heavy atom. The standard InChI is InChI=1S/C13H16O3/c1-9-3-4-10-8-13(2,6-5-12(14)15)16-11(10)7-9/h3-4,7H,5-6,8H2,1-2H3,(H,14,15). The summed E-state index contributed by atoms with van der Waals surface area (Å²) in [6.07, 6.45) is 1.51. The van der Waals surface area contributed by atoms with Crippen LogP contribution in [0.2, 0.25) is 0 Å². The van der Waals surface area contributed by atoms with Gasteiger partial charge in [0.25, 0.3) is 0 Å².